The highest BCUT2D eigenvalue weighted by Crippen LogP contribution is 1.93. The van der Waals surface area contributed by atoms with Crippen molar-refractivity contribution in [2.45, 2.75) is 13.8 Å². The molecule has 0 aromatic heterocycles. The van der Waals surface area contributed by atoms with Crippen LogP contribution in [0.25, 0.3) is 0 Å². The quantitative estimate of drug-likeness (QED) is 0.625. The molecule has 0 aliphatic heterocycles. The van der Waals surface area contributed by atoms with Crippen molar-refractivity contribution >= 4 is 9.84 Å². The maximum absolute atomic E-state index is 11.0. The van der Waals surface area contributed by atoms with E-state index in [9.17, 15) is 8.42 Å². The molecule has 0 aromatic carbocycles. The molecule has 0 saturated heterocycles. The van der Waals surface area contributed by atoms with E-state index in [1.54, 1.807) is 0 Å². The van der Waals surface area contributed by atoms with Crippen LogP contribution in [0.1, 0.15) is 13.8 Å². The van der Waals surface area contributed by atoms with E-state index < -0.39 is 9.84 Å². The smallest absolute Gasteiger partial charge is 0.172 e. The third-order valence-electron chi connectivity index (χ3n) is 1.84. The zero-order valence-electron chi connectivity index (χ0n) is 7.78. The number of rotatable bonds is 6. The minimum atomic E-state index is -3.01. The summed E-state index contributed by atoms with van der Waals surface area (Å²) in [6.45, 7) is 9.67. The van der Waals surface area contributed by atoms with Gasteiger partial charge in [-0.25, -0.2) is 8.42 Å². The first-order valence-corrected chi connectivity index (χ1v) is 5.84. The van der Waals surface area contributed by atoms with Gasteiger partial charge in [0.1, 0.15) is 0 Å². The van der Waals surface area contributed by atoms with E-state index >= 15 is 0 Å². The number of nitrogens with zero attached hydrogens (tertiary/aromatic N) is 1. The molecular formula is C8H17NO2S. The Morgan fingerprint density at radius 1 is 1.33 bits per heavy atom. The summed E-state index contributed by atoms with van der Waals surface area (Å²) in [5, 5.41) is 1.02. The molecule has 0 heterocycles. The number of sulfone groups is 1. The summed E-state index contributed by atoms with van der Waals surface area (Å²) in [7, 11) is -3.01. The fraction of sp³-hybridized carbons (Fsp3) is 0.750. The molecule has 0 radical (unpaired) electrons. The first-order chi connectivity index (χ1) is 5.55. The summed E-state index contributed by atoms with van der Waals surface area (Å²) in [5.41, 5.74) is 0. The van der Waals surface area contributed by atoms with Gasteiger partial charge in [-0.3, -0.25) is 0 Å². The first-order valence-electron chi connectivity index (χ1n) is 4.13. The fourth-order valence-electron chi connectivity index (χ4n) is 0.880. The van der Waals surface area contributed by atoms with Crippen molar-refractivity contribution in [3.63, 3.8) is 0 Å². The van der Waals surface area contributed by atoms with Crippen molar-refractivity contribution in [1.29, 1.82) is 0 Å². The van der Waals surface area contributed by atoms with Gasteiger partial charge in [-0.15, -0.1) is 0 Å². The minimum Gasteiger partial charge on any atom is -0.303 e. The van der Waals surface area contributed by atoms with Crippen LogP contribution in [0.3, 0.4) is 0 Å². The van der Waals surface area contributed by atoms with Crippen LogP contribution in [0.15, 0.2) is 12.0 Å². The van der Waals surface area contributed by atoms with Gasteiger partial charge in [0.25, 0.3) is 0 Å². The Morgan fingerprint density at radius 2 is 1.83 bits per heavy atom. The van der Waals surface area contributed by atoms with Crippen LogP contribution >= 0.6 is 0 Å². The molecule has 0 aromatic rings. The summed E-state index contributed by atoms with van der Waals surface area (Å²) in [6.07, 6.45) is 0. The van der Waals surface area contributed by atoms with Crippen LogP contribution in [0.4, 0.5) is 0 Å². The lowest BCUT2D eigenvalue weighted by Crippen LogP contribution is -2.28. The Morgan fingerprint density at radius 3 is 2.17 bits per heavy atom. The van der Waals surface area contributed by atoms with Crippen LogP contribution < -0.4 is 0 Å². The predicted molar refractivity (Wildman–Crippen MR) is 51.8 cm³/mol. The van der Waals surface area contributed by atoms with Crippen molar-refractivity contribution in [2.75, 3.05) is 25.4 Å². The Bertz CT molecular complexity index is 217. The second kappa shape index (κ2) is 5.32. The molecule has 0 spiro atoms. The predicted octanol–water partition coefficient (Wildman–Crippen LogP) is 0.886. The first kappa shape index (κ1) is 11.6. The third kappa shape index (κ3) is 4.51. The van der Waals surface area contributed by atoms with E-state index in [0.29, 0.717) is 6.54 Å². The molecule has 0 saturated carbocycles. The molecule has 0 aliphatic rings. The van der Waals surface area contributed by atoms with Gasteiger partial charge < -0.3 is 4.90 Å². The van der Waals surface area contributed by atoms with E-state index in [-0.39, 0.29) is 5.75 Å². The molecule has 12 heavy (non-hydrogen) atoms. The van der Waals surface area contributed by atoms with Gasteiger partial charge in [-0.1, -0.05) is 20.4 Å². The maximum atomic E-state index is 11.0. The van der Waals surface area contributed by atoms with Gasteiger partial charge in [0.2, 0.25) is 0 Å². The minimum absolute atomic E-state index is 0.179. The lowest BCUT2D eigenvalue weighted by atomic mass is 10.5. The van der Waals surface area contributed by atoms with Crippen molar-refractivity contribution in [3.8, 4) is 0 Å². The molecule has 0 amide bonds. The topological polar surface area (TPSA) is 37.4 Å². The molecule has 4 heteroatoms. The Balaban J connectivity index is 3.89. The Kier molecular flexibility index (Phi) is 5.17. The average molecular weight is 191 g/mol. The van der Waals surface area contributed by atoms with Crippen molar-refractivity contribution in [3.05, 3.63) is 12.0 Å². The molecule has 3 nitrogen and oxygen atoms in total. The zero-order chi connectivity index (χ0) is 9.61. The van der Waals surface area contributed by atoms with Crippen molar-refractivity contribution in [2.24, 2.45) is 0 Å². The van der Waals surface area contributed by atoms with E-state index in [0.717, 1.165) is 18.5 Å². The van der Waals surface area contributed by atoms with Crippen LogP contribution in [0.5, 0.6) is 0 Å². The van der Waals surface area contributed by atoms with Crippen molar-refractivity contribution < 1.29 is 8.42 Å². The average Bonchev–Trinajstić information content (AvgIpc) is 2.06. The monoisotopic (exact) mass is 191 g/mol. The lowest BCUT2D eigenvalue weighted by molar-refractivity contribution is 0.322. The zero-order valence-corrected chi connectivity index (χ0v) is 8.60. The van der Waals surface area contributed by atoms with Gasteiger partial charge in [0.05, 0.1) is 5.75 Å². The summed E-state index contributed by atoms with van der Waals surface area (Å²) >= 11 is 0. The normalized spacial score (nSPS) is 11.9. The summed E-state index contributed by atoms with van der Waals surface area (Å²) in [6, 6.07) is 0. The molecular weight excluding hydrogens is 174 g/mol. The SMILES string of the molecule is C=CS(=O)(=O)CCN(CC)CC. The van der Waals surface area contributed by atoms with E-state index in [1.807, 2.05) is 13.8 Å². The van der Waals surface area contributed by atoms with Crippen LogP contribution in [0, 0.1) is 0 Å². The van der Waals surface area contributed by atoms with E-state index in [2.05, 4.69) is 11.5 Å². The molecule has 0 unspecified atom stereocenters. The largest absolute Gasteiger partial charge is 0.303 e. The van der Waals surface area contributed by atoms with Gasteiger partial charge >= 0.3 is 0 Å². The summed E-state index contributed by atoms with van der Waals surface area (Å²) < 4.78 is 22.0. The molecule has 72 valence electrons. The third-order valence-corrected chi connectivity index (χ3v) is 3.10. The highest BCUT2D eigenvalue weighted by molar-refractivity contribution is 7.94. The molecule has 0 N–H and O–H groups in total. The second-order valence-corrected chi connectivity index (χ2v) is 4.63. The highest BCUT2D eigenvalue weighted by atomic mass is 32.2. The second-order valence-electron chi connectivity index (χ2n) is 2.56. The van der Waals surface area contributed by atoms with Gasteiger partial charge in [-0.05, 0) is 13.1 Å². The molecule has 0 bridgehead atoms. The van der Waals surface area contributed by atoms with Crippen LogP contribution in [-0.4, -0.2) is 38.7 Å². The fourth-order valence-corrected chi connectivity index (χ4v) is 1.56. The lowest BCUT2D eigenvalue weighted by Gasteiger charge is -2.16. The van der Waals surface area contributed by atoms with Crippen molar-refractivity contribution in [1.82, 2.24) is 4.90 Å². The van der Waals surface area contributed by atoms with Gasteiger partial charge in [-0.2, -0.15) is 0 Å². The molecule has 0 rings (SSSR count). The number of hydrogen-bond acceptors (Lipinski definition) is 3. The Labute approximate surface area is 75.0 Å². The molecule has 0 aliphatic carbocycles. The standard InChI is InChI=1S/C8H17NO2S/c1-4-9(5-2)7-8-12(10,11)6-3/h6H,3-5,7-8H2,1-2H3. The van der Waals surface area contributed by atoms with E-state index in [4.69, 9.17) is 0 Å². The van der Waals surface area contributed by atoms with Crippen LogP contribution in [0.2, 0.25) is 0 Å². The maximum Gasteiger partial charge on any atom is 0.172 e. The summed E-state index contributed by atoms with van der Waals surface area (Å²) in [4.78, 5) is 2.07. The van der Waals surface area contributed by atoms with Gasteiger partial charge in [0, 0.05) is 12.0 Å². The Hall–Kier alpha value is -0.350. The van der Waals surface area contributed by atoms with E-state index in [1.165, 1.54) is 0 Å². The highest BCUT2D eigenvalue weighted by Gasteiger charge is 2.07. The van der Waals surface area contributed by atoms with Gasteiger partial charge in [0.15, 0.2) is 9.84 Å². The van der Waals surface area contributed by atoms with Crippen LogP contribution in [-0.2, 0) is 9.84 Å². The number of hydrogen-bond donors (Lipinski definition) is 0. The molecule has 0 atom stereocenters. The summed E-state index contributed by atoms with van der Waals surface area (Å²) in [5.74, 6) is 0.179. The molecule has 0 fully saturated rings.